The van der Waals surface area contributed by atoms with Gasteiger partial charge in [-0.2, -0.15) is 0 Å². The van der Waals surface area contributed by atoms with Gasteiger partial charge in [-0.05, 0) is 22.0 Å². The van der Waals surface area contributed by atoms with E-state index in [1.165, 1.54) is 0 Å². The molecule has 0 saturated carbocycles. The molecule has 0 amide bonds. The van der Waals surface area contributed by atoms with Crippen LogP contribution in [0.3, 0.4) is 0 Å². The van der Waals surface area contributed by atoms with Crippen LogP contribution >= 0.6 is 15.9 Å². The maximum absolute atomic E-state index is 13.0. The summed E-state index contributed by atoms with van der Waals surface area (Å²) in [5.74, 6) is -3.28. The molecule has 8 heteroatoms. The minimum atomic E-state index is -5.07. The molecule has 0 spiro atoms. The van der Waals surface area contributed by atoms with Gasteiger partial charge in [0, 0.05) is 0 Å². The van der Waals surface area contributed by atoms with Gasteiger partial charge in [0.1, 0.15) is 5.69 Å². The second kappa shape index (κ2) is 3.76. The van der Waals surface area contributed by atoms with E-state index in [1.54, 1.807) is 0 Å². The molecule has 0 fully saturated rings. The highest BCUT2D eigenvalue weighted by molar-refractivity contribution is 9.10. The average Bonchev–Trinajstić information content (AvgIpc) is 2.07. The van der Waals surface area contributed by atoms with Crippen molar-refractivity contribution in [2.45, 2.75) is 6.36 Å². The van der Waals surface area contributed by atoms with Crippen molar-refractivity contribution in [3.63, 3.8) is 0 Å². The molecule has 84 valence electrons. The Morgan fingerprint density at radius 2 is 1.93 bits per heavy atom. The first-order valence-electron chi connectivity index (χ1n) is 3.44. The monoisotopic (exact) mass is 289 g/mol. The lowest BCUT2D eigenvalue weighted by Gasteiger charge is -2.13. The van der Waals surface area contributed by atoms with E-state index in [-0.39, 0.29) is 4.47 Å². The number of rotatable bonds is 1. The van der Waals surface area contributed by atoms with Crippen LogP contribution in [0.2, 0.25) is 0 Å². The average molecular weight is 290 g/mol. The van der Waals surface area contributed by atoms with Crippen molar-refractivity contribution in [1.82, 2.24) is 0 Å². The minimum Gasteiger partial charge on any atom is -0.505 e. The Morgan fingerprint density at radius 1 is 1.40 bits per heavy atom. The molecule has 3 N–H and O–H groups in total. The number of nitrogens with two attached hydrogens (primary N) is 1. The zero-order valence-corrected chi connectivity index (χ0v) is 8.49. The fourth-order valence-electron chi connectivity index (χ4n) is 0.829. The zero-order chi connectivity index (χ0) is 11.8. The lowest BCUT2D eigenvalue weighted by atomic mass is 10.2. The van der Waals surface area contributed by atoms with Gasteiger partial charge in [0.05, 0.1) is 4.47 Å². The Kier molecular flexibility index (Phi) is 2.98. The number of aromatic hydroxyl groups is 1. The van der Waals surface area contributed by atoms with Crippen LogP contribution in [0.15, 0.2) is 10.5 Å². The summed E-state index contributed by atoms with van der Waals surface area (Å²) in [6, 6.07) is 0.618. The molecule has 0 aliphatic rings. The minimum absolute atomic E-state index is 0.160. The first kappa shape index (κ1) is 11.9. The Labute approximate surface area is 89.6 Å². The summed E-state index contributed by atoms with van der Waals surface area (Å²) in [4.78, 5) is 0. The van der Waals surface area contributed by atoms with Crippen LogP contribution in [-0.4, -0.2) is 11.5 Å². The predicted octanol–water partition coefficient (Wildman–Crippen LogP) is 2.77. The topological polar surface area (TPSA) is 55.5 Å². The van der Waals surface area contributed by atoms with E-state index in [0.29, 0.717) is 6.07 Å². The summed E-state index contributed by atoms with van der Waals surface area (Å²) >= 11 is 2.70. The first-order chi connectivity index (χ1) is 6.72. The summed E-state index contributed by atoms with van der Waals surface area (Å²) < 4.78 is 51.5. The van der Waals surface area contributed by atoms with Gasteiger partial charge in [-0.25, -0.2) is 4.39 Å². The van der Waals surface area contributed by atoms with Crippen LogP contribution in [0.25, 0.3) is 0 Å². The smallest absolute Gasteiger partial charge is 0.505 e. The molecule has 0 aliphatic heterocycles. The van der Waals surface area contributed by atoms with Crippen molar-refractivity contribution in [2.75, 3.05) is 5.73 Å². The highest BCUT2D eigenvalue weighted by atomic mass is 79.9. The summed E-state index contributed by atoms with van der Waals surface area (Å²) in [5, 5.41) is 9.12. The molecule has 0 unspecified atom stereocenters. The number of phenolic OH excluding ortho intramolecular Hbond substituents is 1. The quantitative estimate of drug-likeness (QED) is 0.475. The molecule has 1 aromatic carbocycles. The van der Waals surface area contributed by atoms with Crippen LogP contribution in [0.5, 0.6) is 11.5 Å². The van der Waals surface area contributed by atoms with E-state index in [0.717, 1.165) is 0 Å². The van der Waals surface area contributed by atoms with E-state index in [4.69, 9.17) is 10.8 Å². The van der Waals surface area contributed by atoms with Crippen molar-refractivity contribution in [2.24, 2.45) is 0 Å². The van der Waals surface area contributed by atoms with E-state index < -0.39 is 29.4 Å². The maximum Gasteiger partial charge on any atom is 0.573 e. The van der Waals surface area contributed by atoms with Gasteiger partial charge < -0.3 is 15.6 Å². The molecule has 0 saturated heterocycles. The number of benzene rings is 1. The predicted molar refractivity (Wildman–Crippen MR) is 46.9 cm³/mol. The Hall–Kier alpha value is -1.18. The Balaban J connectivity index is 3.24. The molecule has 0 radical (unpaired) electrons. The van der Waals surface area contributed by atoms with Gasteiger partial charge in [0.2, 0.25) is 0 Å². The largest absolute Gasteiger partial charge is 0.573 e. The fourth-order valence-corrected chi connectivity index (χ4v) is 1.24. The van der Waals surface area contributed by atoms with Crippen LogP contribution in [0.4, 0.5) is 23.2 Å². The lowest BCUT2D eigenvalue weighted by Crippen LogP contribution is -2.19. The number of hydrogen-bond acceptors (Lipinski definition) is 3. The number of alkyl halides is 3. The molecule has 0 bridgehead atoms. The van der Waals surface area contributed by atoms with Crippen LogP contribution in [0.1, 0.15) is 0 Å². The summed E-state index contributed by atoms with van der Waals surface area (Å²) in [6.45, 7) is 0. The zero-order valence-electron chi connectivity index (χ0n) is 6.90. The molecule has 0 aliphatic carbocycles. The summed E-state index contributed by atoms with van der Waals surface area (Å²) in [5.41, 5.74) is 4.23. The summed E-state index contributed by atoms with van der Waals surface area (Å²) in [7, 11) is 0. The number of nitrogen functional groups attached to an aromatic ring is 1. The van der Waals surface area contributed by atoms with Gasteiger partial charge in [0.25, 0.3) is 0 Å². The van der Waals surface area contributed by atoms with Crippen LogP contribution in [0, 0.1) is 5.82 Å². The standard InChI is InChI=1S/C7H4BrF4NO2/c8-2-1-3(9)6(4(13)5(2)14)15-7(10,11)12/h1,14H,13H2. The number of anilines is 1. The van der Waals surface area contributed by atoms with Crippen molar-refractivity contribution in [3.05, 3.63) is 16.4 Å². The Bertz CT molecular complexity index is 394. The molecular formula is C7H4BrF4NO2. The fraction of sp³-hybridized carbons (Fsp3) is 0.143. The van der Waals surface area contributed by atoms with E-state index in [1.807, 2.05) is 0 Å². The normalized spacial score (nSPS) is 11.5. The maximum atomic E-state index is 13.0. The number of phenols is 1. The number of ether oxygens (including phenoxy) is 1. The molecule has 0 aromatic heterocycles. The van der Waals surface area contributed by atoms with E-state index in [9.17, 15) is 17.6 Å². The van der Waals surface area contributed by atoms with Crippen molar-refractivity contribution in [3.8, 4) is 11.5 Å². The van der Waals surface area contributed by atoms with Gasteiger partial charge in [-0.15, -0.1) is 13.2 Å². The summed E-state index contributed by atoms with van der Waals surface area (Å²) in [6.07, 6.45) is -5.07. The second-order valence-electron chi connectivity index (χ2n) is 2.48. The van der Waals surface area contributed by atoms with Gasteiger partial charge >= 0.3 is 6.36 Å². The van der Waals surface area contributed by atoms with Crippen molar-refractivity contribution < 1.29 is 27.4 Å². The van der Waals surface area contributed by atoms with Crippen LogP contribution < -0.4 is 10.5 Å². The number of halogens is 5. The van der Waals surface area contributed by atoms with E-state index in [2.05, 4.69) is 20.7 Å². The van der Waals surface area contributed by atoms with Gasteiger partial charge in [-0.3, -0.25) is 0 Å². The molecule has 0 heterocycles. The highest BCUT2D eigenvalue weighted by Crippen LogP contribution is 2.41. The molecule has 1 aromatic rings. The molecular weight excluding hydrogens is 286 g/mol. The molecule has 3 nitrogen and oxygen atoms in total. The van der Waals surface area contributed by atoms with Gasteiger partial charge in [-0.1, -0.05) is 0 Å². The first-order valence-corrected chi connectivity index (χ1v) is 4.24. The van der Waals surface area contributed by atoms with Crippen molar-refractivity contribution >= 4 is 21.6 Å². The van der Waals surface area contributed by atoms with Gasteiger partial charge in [0.15, 0.2) is 17.3 Å². The molecule has 15 heavy (non-hydrogen) atoms. The molecule has 1 rings (SSSR count). The third-order valence-electron chi connectivity index (χ3n) is 1.41. The van der Waals surface area contributed by atoms with Crippen LogP contribution in [-0.2, 0) is 0 Å². The third kappa shape index (κ3) is 2.65. The van der Waals surface area contributed by atoms with Crippen molar-refractivity contribution in [1.29, 1.82) is 0 Å². The van der Waals surface area contributed by atoms with E-state index >= 15 is 0 Å². The second-order valence-corrected chi connectivity index (χ2v) is 3.33. The number of hydrogen-bond donors (Lipinski definition) is 2. The SMILES string of the molecule is Nc1c(O)c(Br)cc(F)c1OC(F)(F)F. The lowest BCUT2D eigenvalue weighted by molar-refractivity contribution is -0.275. The third-order valence-corrected chi connectivity index (χ3v) is 2.02. The Morgan fingerprint density at radius 3 is 2.40 bits per heavy atom. The molecule has 0 atom stereocenters. The highest BCUT2D eigenvalue weighted by Gasteiger charge is 2.34.